The van der Waals surface area contributed by atoms with E-state index < -0.39 is 10.8 Å². The summed E-state index contributed by atoms with van der Waals surface area (Å²) < 4.78 is 17.6. The fraction of sp³-hybridized carbons (Fsp3) is 0.455. The van der Waals surface area contributed by atoms with Crippen LogP contribution >= 0.6 is 11.6 Å². The van der Waals surface area contributed by atoms with Crippen molar-refractivity contribution in [2.45, 2.75) is 23.0 Å². The van der Waals surface area contributed by atoms with Crippen LogP contribution in [0.5, 0.6) is 0 Å². The van der Waals surface area contributed by atoms with E-state index >= 15 is 0 Å². The molecule has 0 aliphatic carbocycles. The van der Waals surface area contributed by atoms with Gasteiger partial charge in [0.2, 0.25) is 0 Å². The van der Waals surface area contributed by atoms with E-state index in [1.807, 2.05) is 0 Å². The standard InChI is InChI=1S/C11H14ClNO2S/c12-9-2-1-3-10(13)11(9)16(14)8-4-6-15-7-5-8/h1-3,8H,4-7,13H2. The smallest absolute Gasteiger partial charge is 0.0806 e. The number of hydrogen-bond acceptors (Lipinski definition) is 3. The number of nitrogen functional groups attached to an aromatic ring is 1. The molecule has 1 heterocycles. The van der Waals surface area contributed by atoms with E-state index in [-0.39, 0.29) is 5.25 Å². The highest BCUT2D eigenvalue weighted by atomic mass is 35.5. The van der Waals surface area contributed by atoms with E-state index in [0.29, 0.717) is 28.8 Å². The molecule has 1 saturated heterocycles. The van der Waals surface area contributed by atoms with Gasteiger partial charge >= 0.3 is 0 Å². The van der Waals surface area contributed by atoms with E-state index in [4.69, 9.17) is 22.1 Å². The van der Waals surface area contributed by atoms with Gasteiger partial charge in [0.05, 0.1) is 20.7 Å². The maximum Gasteiger partial charge on any atom is 0.0806 e. The highest BCUT2D eigenvalue weighted by Gasteiger charge is 2.24. The van der Waals surface area contributed by atoms with E-state index in [1.54, 1.807) is 18.2 Å². The highest BCUT2D eigenvalue weighted by molar-refractivity contribution is 7.86. The van der Waals surface area contributed by atoms with Gasteiger partial charge in [-0.05, 0) is 25.0 Å². The SMILES string of the molecule is Nc1cccc(Cl)c1S(=O)C1CCOCC1. The van der Waals surface area contributed by atoms with Crippen LogP contribution in [0.3, 0.4) is 0 Å². The third-order valence-electron chi connectivity index (χ3n) is 2.67. The predicted molar refractivity (Wildman–Crippen MR) is 66.1 cm³/mol. The summed E-state index contributed by atoms with van der Waals surface area (Å²) in [5, 5.41) is 0.598. The molecule has 1 aromatic carbocycles. The summed E-state index contributed by atoms with van der Waals surface area (Å²) in [6, 6.07) is 5.23. The molecule has 16 heavy (non-hydrogen) atoms. The normalized spacial score (nSPS) is 19.6. The van der Waals surface area contributed by atoms with Crippen LogP contribution in [0.1, 0.15) is 12.8 Å². The number of rotatable bonds is 2. The van der Waals surface area contributed by atoms with Crippen molar-refractivity contribution in [3.8, 4) is 0 Å². The van der Waals surface area contributed by atoms with Crippen molar-refractivity contribution in [2.24, 2.45) is 0 Å². The van der Waals surface area contributed by atoms with Gasteiger partial charge in [-0.15, -0.1) is 0 Å². The minimum absolute atomic E-state index is 0.107. The van der Waals surface area contributed by atoms with E-state index in [0.717, 1.165) is 12.8 Å². The Balaban J connectivity index is 2.26. The lowest BCUT2D eigenvalue weighted by atomic mass is 10.2. The largest absolute Gasteiger partial charge is 0.398 e. The average Bonchev–Trinajstić information content (AvgIpc) is 2.30. The molecule has 3 nitrogen and oxygen atoms in total. The molecular weight excluding hydrogens is 246 g/mol. The van der Waals surface area contributed by atoms with Gasteiger partial charge in [0.25, 0.3) is 0 Å². The summed E-state index contributed by atoms with van der Waals surface area (Å²) in [4.78, 5) is 0.580. The molecule has 1 atom stereocenters. The zero-order valence-corrected chi connectivity index (χ0v) is 10.4. The molecule has 1 aliphatic rings. The fourth-order valence-electron chi connectivity index (χ4n) is 1.79. The maximum atomic E-state index is 12.3. The Labute approximate surface area is 102 Å². The van der Waals surface area contributed by atoms with Crippen molar-refractivity contribution in [1.82, 2.24) is 0 Å². The monoisotopic (exact) mass is 259 g/mol. The van der Waals surface area contributed by atoms with Gasteiger partial charge in [-0.1, -0.05) is 17.7 Å². The zero-order chi connectivity index (χ0) is 11.5. The van der Waals surface area contributed by atoms with Crippen LogP contribution in [-0.2, 0) is 15.5 Å². The number of ether oxygens (including phenoxy) is 1. The summed E-state index contributed by atoms with van der Waals surface area (Å²) >= 11 is 6.04. The van der Waals surface area contributed by atoms with Crippen molar-refractivity contribution in [3.05, 3.63) is 23.2 Å². The predicted octanol–water partition coefficient (Wildman–Crippen LogP) is 2.21. The van der Waals surface area contributed by atoms with Crippen LogP contribution in [0.4, 0.5) is 5.69 Å². The molecule has 5 heteroatoms. The van der Waals surface area contributed by atoms with Gasteiger partial charge in [0.15, 0.2) is 0 Å². The first kappa shape index (κ1) is 11.9. The fourth-order valence-corrected chi connectivity index (χ4v) is 3.72. The molecule has 0 amide bonds. The molecule has 0 saturated carbocycles. The van der Waals surface area contributed by atoms with Crippen LogP contribution in [-0.4, -0.2) is 22.7 Å². The van der Waals surface area contributed by atoms with Gasteiger partial charge in [0.1, 0.15) is 0 Å². The van der Waals surface area contributed by atoms with Gasteiger partial charge in [-0.2, -0.15) is 0 Å². The maximum absolute atomic E-state index is 12.3. The van der Waals surface area contributed by atoms with Crippen LogP contribution in [0.2, 0.25) is 5.02 Å². The molecule has 1 aliphatic heterocycles. The quantitative estimate of drug-likeness (QED) is 0.829. The van der Waals surface area contributed by atoms with Gasteiger partial charge in [-0.3, -0.25) is 4.21 Å². The number of nitrogens with two attached hydrogens (primary N) is 1. The Bertz CT molecular complexity index is 385. The third-order valence-corrected chi connectivity index (χ3v) is 5.03. The second-order valence-electron chi connectivity index (χ2n) is 3.77. The zero-order valence-electron chi connectivity index (χ0n) is 8.82. The molecule has 0 aromatic heterocycles. The number of benzene rings is 1. The minimum atomic E-state index is -1.13. The topological polar surface area (TPSA) is 52.3 Å². The number of anilines is 1. The Morgan fingerprint density at radius 3 is 2.69 bits per heavy atom. The second-order valence-corrected chi connectivity index (χ2v) is 5.84. The Hall–Kier alpha value is -0.580. The van der Waals surface area contributed by atoms with Crippen LogP contribution in [0.25, 0.3) is 0 Å². The summed E-state index contributed by atoms with van der Waals surface area (Å²) in [5.74, 6) is 0. The van der Waals surface area contributed by atoms with Gasteiger partial charge in [-0.25, -0.2) is 0 Å². The molecule has 2 N–H and O–H groups in total. The van der Waals surface area contributed by atoms with E-state index in [9.17, 15) is 4.21 Å². The molecule has 0 bridgehead atoms. The Morgan fingerprint density at radius 1 is 1.38 bits per heavy atom. The summed E-state index contributed by atoms with van der Waals surface area (Å²) in [7, 11) is -1.13. The molecular formula is C11H14ClNO2S. The number of halogens is 1. The lowest BCUT2D eigenvalue weighted by Crippen LogP contribution is -2.25. The molecule has 1 unspecified atom stereocenters. The first-order valence-electron chi connectivity index (χ1n) is 5.22. The molecule has 0 spiro atoms. The van der Waals surface area contributed by atoms with E-state index in [1.165, 1.54) is 0 Å². The van der Waals surface area contributed by atoms with Crippen molar-refractivity contribution in [2.75, 3.05) is 18.9 Å². The van der Waals surface area contributed by atoms with Crippen molar-refractivity contribution in [1.29, 1.82) is 0 Å². The highest BCUT2D eigenvalue weighted by Crippen LogP contribution is 2.30. The minimum Gasteiger partial charge on any atom is -0.398 e. The Morgan fingerprint density at radius 2 is 2.06 bits per heavy atom. The first-order valence-corrected chi connectivity index (χ1v) is 6.81. The molecule has 2 rings (SSSR count). The third kappa shape index (κ3) is 2.39. The van der Waals surface area contributed by atoms with Crippen molar-refractivity contribution < 1.29 is 8.95 Å². The Kier molecular flexibility index (Phi) is 3.84. The van der Waals surface area contributed by atoms with Crippen molar-refractivity contribution in [3.63, 3.8) is 0 Å². The first-order chi connectivity index (χ1) is 7.70. The summed E-state index contributed by atoms with van der Waals surface area (Å²) in [6.45, 7) is 1.33. The lowest BCUT2D eigenvalue weighted by Gasteiger charge is -2.22. The molecule has 88 valence electrons. The molecule has 0 radical (unpaired) electrons. The summed E-state index contributed by atoms with van der Waals surface area (Å²) in [6.07, 6.45) is 1.61. The van der Waals surface area contributed by atoms with Gasteiger partial charge < -0.3 is 10.5 Å². The second kappa shape index (κ2) is 5.17. The average molecular weight is 260 g/mol. The lowest BCUT2D eigenvalue weighted by molar-refractivity contribution is 0.0992. The summed E-state index contributed by atoms with van der Waals surface area (Å²) in [5.41, 5.74) is 6.33. The number of hydrogen-bond donors (Lipinski definition) is 1. The van der Waals surface area contributed by atoms with Crippen LogP contribution in [0, 0.1) is 0 Å². The molecule has 1 aromatic rings. The molecule has 1 fully saturated rings. The van der Waals surface area contributed by atoms with Crippen LogP contribution < -0.4 is 5.73 Å². The van der Waals surface area contributed by atoms with Gasteiger partial charge in [0, 0.05) is 24.2 Å². The van der Waals surface area contributed by atoms with Crippen molar-refractivity contribution >= 4 is 28.1 Å². The van der Waals surface area contributed by atoms with E-state index in [2.05, 4.69) is 0 Å². The van der Waals surface area contributed by atoms with Crippen LogP contribution in [0.15, 0.2) is 23.1 Å².